The first-order valence-corrected chi connectivity index (χ1v) is 6.88. The minimum absolute atomic E-state index is 0.919. The van der Waals surface area contributed by atoms with Gasteiger partial charge in [0.1, 0.15) is 0 Å². The Labute approximate surface area is 109 Å². The molecule has 0 bridgehead atoms. The van der Waals surface area contributed by atoms with Gasteiger partial charge in [-0.3, -0.25) is 0 Å². The lowest BCUT2D eigenvalue weighted by Crippen LogP contribution is -2.22. The molecular formula is C15H23N3. The van der Waals surface area contributed by atoms with E-state index < -0.39 is 0 Å². The monoisotopic (exact) mass is 245 g/mol. The maximum Gasteiger partial charge on any atom is 0.0456 e. The van der Waals surface area contributed by atoms with E-state index in [1.54, 1.807) is 0 Å². The van der Waals surface area contributed by atoms with E-state index in [1.165, 1.54) is 29.4 Å². The van der Waals surface area contributed by atoms with E-state index in [-0.39, 0.29) is 0 Å². The molecule has 3 heteroatoms. The average molecular weight is 245 g/mol. The number of rotatable bonds is 8. The molecule has 18 heavy (non-hydrogen) atoms. The smallest absolute Gasteiger partial charge is 0.0456 e. The van der Waals surface area contributed by atoms with Crippen molar-refractivity contribution in [3.63, 3.8) is 0 Å². The molecule has 2 aromatic rings. The number of hydrogen-bond acceptors (Lipinski definition) is 2. The van der Waals surface area contributed by atoms with Gasteiger partial charge in [-0.1, -0.05) is 25.1 Å². The fraction of sp³-hybridized carbons (Fsp3) is 0.467. The topological polar surface area (TPSA) is 39.8 Å². The van der Waals surface area contributed by atoms with E-state index in [0.717, 1.165) is 26.2 Å². The molecule has 0 spiro atoms. The molecule has 0 atom stereocenters. The van der Waals surface area contributed by atoms with Crippen molar-refractivity contribution < 1.29 is 0 Å². The molecule has 1 heterocycles. The second kappa shape index (κ2) is 7.19. The summed E-state index contributed by atoms with van der Waals surface area (Å²) >= 11 is 0. The van der Waals surface area contributed by atoms with Crippen LogP contribution in [0.2, 0.25) is 0 Å². The van der Waals surface area contributed by atoms with Crippen molar-refractivity contribution in [2.75, 3.05) is 19.6 Å². The van der Waals surface area contributed by atoms with Crippen molar-refractivity contribution in [3.8, 4) is 0 Å². The molecule has 0 fully saturated rings. The molecule has 0 aliphatic carbocycles. The molecule has 3 N–H and O–H groups in total. The van der Waals surface area contributed by atoms with Gasteiger partial charge in [0.25, 0.3) is 0 Å². The van der Waals surface area contributed by atoms with Gasteiger partial charge < -0.3 is 15.6 Å². The SMILES string of the molecule is CCCNCCCNCc1cc2ccccc2[nH]1. The molecule has 0 aliphatic rings. The summed E-state index contributed by atoms with van der Waals surface area (Å²) in [5, 5.41) is 8.17. The van der Waals surface area contributed by atoms with Crippen molar-refractivity contribution >= 4 is 10.9 Å². The van der Waals surface area contributed by atoms with Crippen LogP contribution in [0.1, 0.15) is 25.5 Å². The Morgan fingerprint density at radius 1 is 1.06 bits per heavy atom. The van der Waals surface area contributed by atoms with Crippen molar-refractivity contribution in [1.82, 2.24) is 15.6 Å². The van der Waals surface area contributed by atoms with Gasteiger partial charge in [-0.15, -0.1) is 0 Å². The summed E-state index contributed by atoms with van der Waals surface area (Å²) in [6.07, 6.45) is 2.39. The van der Waals surface area contributed by atoms with E-state index in [2.05, 4.69) is 52.9 Å². The number of benzene rings is 1. The molecule has 0 saturated carbocycles. The predicted octanol–water partition coefficient (Wildman–Crippen LogP) is 2.65. The summed E-state index contributed by atoms with van der Waals surface area (Å²) in [6.45, 7) is 6.41. The van der Waals surface area contributed by atoms with Gasteiger partial charge in [-0.2, -0.15) is 0 Å². The zero-order chi connectivity index (χ0) is 12.6. The number of H-pyrrole nitrogens is 1. The maximum atomic E-state index is 3.47. The molecule has 0 aliphatic heterocycles. The normalized spacial score (nSPS) is 11.2. The Morgan fingerprint density at radius 2 is 1.89 bits per heavy atom. The molecule has 2 rings (SSSR count). The second-order valence-corrected chi connectivity index (χ2v) is 4.66. The minimum atomic E-state index is 0.919. The van der Waals surface area contributed by atoms with Crippen LogP contribution in [0.3, 0.4) is 0 Å². The lowest BCUT2D eigenvalue weighted by Gasteiger charge is -2.04. The van der Waals surface area contributed by atoms with Crippen LogP contribution in [0.5, 0.6) is 0 Å². The molecule has 0 radical (unpaired) electrons. The summed E-state index contributed by atoms with van der Waals surface area (Å²) in [4.78, 5) is 3.43. The van der Waals surface area contributed by atoms with Crippen LogP contribution < -0.4 is 10.6 Å². The maximum absolute atomic E-state index is 3.47. The first-order chi connectivity index (χ1) is 8.90. The van der Waals surface area contributed by atoms with Crippen LogP contribution in [0.4, 0.5) is 0 Å². The third-order valence-corrected chi connectivity index (χ3v) is 3.04. The van der Waals surface area contributed by atoms with E-state index in [9.17, 15) is 0 Å². The highest BCUT2D eigenvalue weighted by molar-refractivity contribution is 5.80. The van der Waals surface area contributed by atoms with Crippen molar-refractivity contribution in [2.24, 2.45) is 0 Å². The van der Waals surface area contributed by atoms with Crippen LogP contribution in [0.25, 0.3) is 10.9 Å². The van der Waals surface area contributed by atoms with Crippen LogP contribution >= 0.6 is 0 Å². The summed E-state index contributed by atoms with van der Waals surface area (Å²) in [7, 11) is 0. The lowest BCUT2D eigenvalue weighted by molar-refractivity contribution is 0.589. The van der Waals surface area contributed by atoms with Gasteiger partial charge >= 0.3 is 0 Å². The molecule has 1 aromatic carbocycles. The van der Waals surface area contributed by atoms with Gasteiger partial charge in [-0.25, -0.2) is 0 Å². The number of aromatic nitrogens is 1. The Kier molecular flexibility index (Phi) is 5.24. The van der Waals surface area contributed by atoms with Gasteiger partial charge in [0.05, 0.1) is 0 Å². The predicted molar refractivity (Wildman–Crippen MR) is 77.8 cm³/mol. The summed E-state index contributed by atoms with van der Waals surface area (Å²) in [5.41, 5.74) is 2.48. The number of aromatic amines is 1. The van der Waals surface area contributed by atoms with Crippen LogP contribution in [-0.2, 0) is 6.54 Å². The Bertz CT molecular complexity index is 428. The van der Waals surface area contributed by atoms with Crippen molar-refractivity contribution in [2.45, 2.75) is 26.3 Å². The molecular weight excluding hydrogens is 222 g/mol. The van der Waals surface area contributed by atoms with E-state index >= 15 is 0 Å². The summed E-state index contributed by atoms with van der Waals surface area (Å²) in [5.74, 6) is 0. The Morgan fingerprint density at radius 3 is 2.72 bits per heavy atom. The highest BCUT2D eigenvalue weighted by Crippen LogP contribution is 2.14. The first-order valence-electron chi connectivity index (χ1n) is 6.88. The molecule has 1 aromatic heterocycles. The molecule has 0 unspecified atom stereocenters. The fourth-order valence-electron chi connectivity index (χ4n) is 2.09. The highest BCUT2D eigenvalue weighted by atomic mass is 14.9. The van der Waals surface area contributed by atoms with Gasteiger partial charge in [0.15, 0.2) is 0 Å². The molecule has 3 nitrogen and oxygen atoms in total. The van der Waals surface area contributed by atoms with Crippen molar-refractivity contribution in [3.05, 3.63) is 36.0 Å². The molecule has 98 valence electrons. The second-order valence-electron chi connectivity index (χ2n) is 4.66. The summed E-state index contributed by atoms with van der Waals surface area (Å²) < 4.78 is 0. The number of fused-ring (bicyclic) bond motifs is 1. The average Bonchev–Trinajstić information content (AvgIpc) is 2.80. The third-order valence-electron chi connectivity index (χ3n) is 3.04. The Balaban J connectivity index is 1.67. The molecule has 0 amide bonds. The molecule has 0 saturated heterocycles. The first kappa shape index (κ1) is 13.1. The van der Waals surface area contributed by atoms with E-state index in [1.807, 2.05) is 0 Å². The lowest BCUT2D eigenvalue weighted by atomic mass is 10.2. The van der Waals surface area contributed by atoms with Gasteiger partial charge in [-0.05, 0) is 50.0 Å². The highest BCUT2D eigenvalue weighted by Gasteiger charge is 1.98. The number of para-hydroxylation sites is 1. The number of hydrogen-bond donors (Lipinski definition) is 3. The quantitative estimate of drug-likeness (QED) is 0.626. The van der Waals surface area contributed by atoms with E-state index in [0.29, 0.717) is 0 Å². The van der Waals surface area contributed by atoms with Gasteiger partial charge in [0.2, 0.25) is 0 Å². The zero-order valence-corrected chi connectivity index (χ0v) is 11.1. The Hall–Kier alpha value is -1.32. The fourth-order valence-corrected chi connectivity index (χ4v) is 2.09. The van der Waals surface area contributed by atoms with Crippen LogP contribution in [-0.4, -0.2) is 24.6 Å². The van der Waals surface area contributed by atoms with E-state index in [4.69, 9.17) is 0 Å². The largest absolute Gasteiger partial charge is 0.357 e. The third kappa shape index (κ3) is 3.86. The standard InChI is InChI=1S/C15H23N3/c1-2-8-16-9-5-10-17-12-14-11-13-6-3-4-7-15(13)18-14/h3-4,6-7,11,16-18H,2,5,8-10,12H2,1H3. The van der Waals surface area contributed by atoms with Crippen LogP contribution in [0.15, 0.2) is 30.3 Å². The summed E-state index contributed by atoms with van der Waals surface area (Å²) in [6, 6.07) is 10.6. The van der Waals surface area contributed by atoms with Crippen LogP contribution in [0, 0.1) is 0 Å². The van der Waals surface area contributed by atoms with Crippen molar-refractivity contribution in [1.29, 1.82) is 0 Å². The van der Waals surface area contributed by atoms with Gasteiger partial charge in [0, 0.05) is 17.8 Å². The number of nitrogens with one attached hydrogen (secondary N) is 3. The zero-order valence-electron chi connectivity index (χ0n) is 11.1. The minimum Gasteiger partial charge on any atom is -0.357 e.